The lowest BCUT2D eigenvalue weighted by Crippen LogP contribution is -2.82. The molecule has 78 heavy (non-hydrogen) atoms. The van der Waals surface area contributed by atoms with Crippen LogP contribution in [0.3, 0.4) is 0 Å². The van der Waals surface area contributed by atoms with Crippen LogP contribution in [0.15, 0.2) is 0 Å². The number of halogens is 50. The molecule has 0 amide bonds. The highest BCUT2D eigenvalue weighted by Crippen LogP contribution is 2.73. The Morgan fingerprint density at radius 1 is 0.192 bits per heavy atom. The van der Waals surface area contributed by atoms with Crippen LogP contribution in [0.25, 0.3) is 0 Å². The van der Waals surface area contributed by atoms with Crippen molar-refractivity contribution in [1.29, 1.82) is 0 Å². The first kappa shape index (κ1) is 74.5. The Kier molecular flexibility index (Phi) is 17.4. The van der Waals surface area contributed by atoms with E-state index >= 15 is 0 Å². The second-order valence-electron chi connectivity index (χ2n) is 15.0. The zero-order valence-electron chi connectivity index (χ0n) is 33.9. The minimum absolute atomic E-state index is 0.108. The van der Waals surface area contributed by atoms with E-state index in [1.54, 1.807) is 0 Å². The molecule has 0 rings (SSSR count). The summed E-state index contributed by atoms with van der Waals surface area (Å²) in [6, 6.07) is 0. The van der Waals surface area contributed by atoms with Crippen molar-refractivity contribution in [1.82, 2.24) is 0 Å². The molecule has 0 bridgehead atoms. The van der Waals surface area contributed by atoms with E-state index in [1.165, 1.54) is 0 Å². The highest BCUT2D eigenvalue weighted by molar-refractivity contribution is 5.27. The van der Waals surface area contributed by atoms with E-state index in [4.69, 9.17) is 0 Å². The standard InChI is InChI=1S/C28H8F50/c1-2-3-5(31,32)7(34,35)10(40,41)13(46,47)16(52,53)19(58,59)20(60,61)17(54,55)14(48,49)11(42,43)8(36,37)6(33,4(29)30)9(38,39)12(44,45)15(50,51)18(56,57)21(62,63)22(64,65)23(66,67)24(68,69)25(70,71)26(72,73)27(74,75)28(76,77)78/h4H,2-3H2,1H3. The molecule has 0 saturated carbocycles. The third-order valence-corrected chi connectivity index (χ3v) is 10.1. The molecular formula is C28H8F50. The highest BCUT2D eigenvalue weighted by atomic mass is 19.4. The second kappa shape index (κ2) is 18.2. The summed E-state index contributed by atoms with van der Waals surface area (Å²) in [4.78, 5) is 0. The summed E-state index contributed by atoms with van der Waals surface area (Å²) in [5.74, 6) is -225. The maximum atomic E-state index is 14.9. The average molecular weight is 1290 g/mol. The number of alkyl halides is 50. The molecule has 0 aromatic heterocycles. The monoisotopic (exact) mass is 1290 g/mol. The minimum Gasteiger partial charge on any atom is -0.223 e. The van der Waals surface area contributed by atoms with Gasteiger partial charge >= 0.3 is 142 Å². The van der Waals surface area contributed by atoms with Crippen LogP contribution in [-0.4, -0.2) is 149 Å². The molecule has 1 atom stereocenters. The summed E-state index contributed by atoms with van der Waals surface area (Å²) >= 11 is 0. The quantitative estimate of drug-likeness (QED) is 0.0799. The zero-order valence-corrected chi connectivity index (χ0v) is 33.9. The maximum Gasteiger partial charge on any atom is 0.460 e. The highest BCUT2D eigenvalue weighted by Gasteiger charge is 3.05. The van der Waals surface area contributed by atoms with Gasteiger partial charge in [-0.15, -0.1) is 0 Å². The number of rotatable bonds is 25. The van der Waals surface area contributed by atoms with Gasteiger partial charge in [-0.1, -0.05) is 13.3 Å². The number of hydrogen-bond acceptors (Lipinski definition) is 0. The molecule has 0 nitrogen and oxygen atoms in total. The van der Waals surface area contributed by atoms with E-state index < -0.39 is 161 Å². The SMILES string of the molecule is CCCC(F)(F)C(F)(F)C(F)(F)C(F)(F)C(F)(F)C(F)(F)C(F)(F)C(F)(F)C(F)(F)C(F)(F)C(F)(F)C(F)(C(F)F)C(F)(F)C(F)(F)C(F)(F)C(F)(F)C(F)(F)C(F)(F)C(F)(F)C(F)(F)C(F)(F)C(F)(F)C(F)(F)C(F)(F)F. The fourth-order valence-corrected chi connectivity index (χ4v) is 5.16. The molecule has 0 fully saturated rings. The summed E-state index contributed by atoms with van der Waals surface area (Å²) in [6.07, 6.45) is -22.0. The third-order valence-electron chi connectivity index (χ3n) is 10.1. The fourth-order valence-electron chi connectivity index (χ4n) is 5.16. The molecule has 0 radical (unpaired) electrons. The predicted octanol–water partition coefficient (Wildman–Crippen LogP) is 17.3. The van der Waals surface area contributed by atoms with E-state index in [1.807, 2.05) is 0 Å². The van der Waals surface area contributed by atoms with E-state index in [0.29, 0.717) is 0 Å². The van der Waals surface area contributed by atoms with E-state index in [-0.39, 0.29) is 6.92 Å². The molecule has 0 aliphatic heterocycles. The van der Waals surface area contributed by atoms with Crippen molar-refractivity contribution < 1.29 is 220 Å². The Bertz CT molecular complexity index is 2130. The molecule has 0 N–H and O–H groups in total. The van der Waals surface area contributed by atoms with Crippen LogP contribution < -0.4 is 0 Å². The van der Waals surface area contributed by atoms with Crippen LogP contribution in [0, 0.1) is 0 Å². The summed E-state index contributed by atoms with van der Waals surface area (Å²) in [7, 11) is 0. The van der Waals surface area contributed by atoms with Gasteiger partial charge in [0, 0.05) is 6.42 Å². The van der Waals surface area contributed by atoms with Crippen molar-refractivity contribution in [3.8, 4) is 0 Å². The van der Waals surface area contributed by atoms with Gasteiger partial charge in [-0.3, -0.25) is 0 Å². The summed E-state index contributed by atoms with van der Waals surface area (Å²) in [5, 5.41) is 0. The van der Waals surface area contributed by atoms with Crippen LogP contribution in [0.2, 0.25) is 0 Å². The van der Waals surface area contributed by atoms with E-state index in [9.17, 15) is 220 Å². The minimum atomic E-state index is -11.0. The normalized spacial score (nSPS) is 18.0. The Balaban J connectivity index is 8.46. The van der Waals surface area contributed by atoms with E-state index in [2.05, 4.69) is 0 Å². The van der Waals surface area contributed by atoms with Crippen molar-refractivity contribution in [3.05, 3.63) is 0 Å². The van der Waals surface area contributed by atoms with Crippen LogP contribution in [-0.2, 0) is 0 Å². The molecule has 0 heterocycles. The van der Waals surface area contributed by atoms with Gasteiger partial charge < -0.3 is 0 Å². The van der Waals surface area contributed by atoms with Crippen LogP contribution >= 0.6 is 0 Å². The average Bonchev–Trinajstić information content (AvgIpc) is 3.20. The summed E-state index contributed by atoms with van der Waals surface area (Å²) < 4.78 is 694. The van der Waals surface area contributed by atoms with Gasteiger partial charge in [0.05, 0.1) is 0 Å². The Morgan fingerprint density at radius 3 is 0.449 bits per heavy atom. The zero-order chi connectivity index (χ0) is 65.0. The molecular weight excluding hydrogens is 1290 g/mol. The molecule has 0 aromatic carbocycles. The van der Waals surface area contributed by atoms with Gasteiger partial charge in [0.25, 0.3) is 6.43 Å². The molecule has 0 spiro atoms. The molecule has 0 saturated heterocycles. The van der Waals surface area contributed by atoms with Gasteiger partial charge in [0.1, 0.15) is 0 Å². The van der Waals surface area contributed by atoms with Gasteiger partial charge in [-0.2, -0.15) is 206 Å². The Hall–Kier alpha value is -3.50. The lowest BCUT2D eigenvalue weighted by Gasteiger charge is -2.49. The van der Waals surface area contributed by atoms with Gasteiger partial charge in [0.2, 0.25) is 0 Å². The van der Waals surface area contributed by atoms with Gasteiger partial charge in [0.15, 0.2) is 0 Å². The molecule has 470 valence electrons. The van der Waals surface area contributed by atoms with Gasteiger partial charge in [-0.05, 0) is 0 Å². The van der Waals surface area contributed by atoms with Crippen molar-refractivity contribution in [2.45, 2.75) is 168 Å². The first-order valence-electron chi connectivity index (χ1n) is 17.1. The first-order valence-corrected chi connectivity index (χ1v) is 17.1. The van der Waals surface area contributed by atoms with Crippen LogP contribution in [0.4, 0.5) is 220 Å². The lowest BCUT2D eigenvalue weighted by molar-refractivity contribution is -0.494. The fraction of sp³-hybridized carbons (Fsp3) is 1.00. The third kappa shape index (κ3) is 8.13. The van der Waals surface area contributed by atoms with Crippen LogP contribution in [0.5, 0.6) is 0 Å². The number of hydrogen-bond donors (Lipinski definition) is 0. The molecule has 0 aliphatic carbocycles. The second-order valence-corrected chi connectivity index (χ2v) is 15.0. The first-order chi connectivity index (χ1) is 32.8. The summed E-state index contributed by atoms with van der Waals surface area (Å²) in [6.45, 7) is 0.108. The Labute approximate surface area is 389 Å². The maximum absolute atomic E-state index is 14.9. The van der Waals surface area contributed by atoms with Crippen molar-refractivity contribution in [3.63, 3.8) is 0 Å². The Morgan fingerprint density at radius 2 is 0.321 bits per heavy atom. The summed E-state index contributed by atoms with van der Waals surface area (Å²) in [5.41, 5.74) is -10.7. The van der Waals surface area contributed by atoms with Crippen molar-refractivity contribution in [2.24, 2.45) is 0 Å². The van der Waals surface area contributed by atoms with E-state index in [0.717, 1.165) is 0 Å². The van der Waals surface area contributed by atoms with Crippen LogP contribution in [0.1, 0.15) is 19.8 Å². The molecule has 0 aliphatic rings. The molecule has 50 heteroatoms. The smallest absolute Gasteiger partial charge is 0.223 e. The molecule has 1 unspecified atom stereocenters. The lowest BCUT2D eigenvalue weighted by atomic mass is 9.76. The predicted molar refractivity (Wildman–Crippen MR) is 140 cm³/mol. The largest absolute Gasteiger partial charge is 0.460 e. The van der Waals surface area contributed by atoms with Crippen molar-refractivity contribution in [2.75, 3.05) is 0 Å². The van der Waals surface area contributed by atoms with Gasteiger partial charge in [-0.25, -0.2) is 13.2 Å². The molecule has 0 aromatic rings. The topological polar surface area (TPSA) is 0 Å². The van der Waals surface area contributed by atoms with Crippen molar-refractivity contribution >= 4 is 0 Å².